The zero-order chi connectivity index (χ0) is 14.2. The van der Waals surface area contributed by atoms with E-state index in [-0.39, 0.29) is 0 Å². The summed E-state index contributed by atoms with van der Waals surface area (Å²) in [5.41, 5.74) is 7.25. The summed E-state index contributed by atoms with van der Waals surface area (Å²) in [4.78, 5) is 0. The van der Waals surface area contributed by atoms with Gasteiger partial charge in [-0.15, -0.1) is 0 Å². The highest BCUT2D eigenvalue weighted by Crippen LogP contribution is 2.23. The molecular weight excluding hydrogens is 252 g/mol. The molecule has 0 spiro atoms. The minimum Gasteiger partial charge on any atom is -0.494 e. The second kappa shape index (κ2) is 7.70. The zero-order valence-corrected chi connectivity index (χ0v) is 12.0. The molecule has 108 valence electrons. The SMILES string of the molecule is CCCCCCOc1ccc(-c2cc(CN)no2)cc1. The van der Waals surface area contributed by atoms with Crippen molar-refractivity contribution in [2.75, 3.05) is 6.61 Å². The third kappa shape index (κ3) is 4.10. The Morgan fingerprint density at radius 1 is 1.15 bits per heavy atom. The molecule has 0 radical (unpaired) electrons. The van der Waals surface area contributed by atoms with Crippen LogP contribution in [-0.4, -0.2) is 11.8 Å². The normalized spacial score (nSPS) is 10.7. The van der Waals surface area contributed by atoms with Gasteiger partial charge in [-0.3, -0.25) is 0 Å². The lowest BCUT2D eigenvalue weighted by Crippen LogP contribution is -1.96. The Balaban J connectivity index is 1.86. The number of hydrogen-bond acceptors (Lipinski definition) is 4. The van der Waals surface area contributed by atoms with E-state index in [1.54, 1.807) is 0 Å². The van der Waals surface area contributed by atoms with Gasteiger partial charge in [0, 0.05) is 18.2 Å². The smallest absolute Gasteiger partial charge is 0.167 e. The quantitative estimate of drug-likeness (QED) is 0.744. The van der Waals surface area contributed by atoms with Gasteiger partial charge >= 0.3 is 0 Å². The van der Waals surface area contributed by atoms with Crippen LogP contribution in [0, 0.1) is 0 Å². The van der Waals surface area contributed by atoms with Crippen molar-refractivity contribution < 1.29 is 9.26 Å². The van der Waals surface area contributed by atoms with Gasteiger partial charge in [-0.1, -0.05) is 31.3 Å². The first-order valence-electron chi connectivity index (χ1n) is 7.22. The van der Waals surface area contributed by atoms with Gasteiger partial charge < -0.3 is 15.0 Å². The number of ether oxygens (including phenoxy) is 1. The molecular formula is C16H22N2O2. The van der Waals surface area contributed by atoms with Crippen molar-refractivity contribution in [2.24, 2.45) is 5.73 Å². The first-order valence-corrected chi connectivity index (χ1v) is 7.22. The maximum absolute atomic E-state index is 5.70. The Labute approximate surface area is 119 Å². The molecule has 20 heavy (non-hydrogen) atoms. The van der Waals surface area contributed by atoms with Crippen LogP contribution in [0.4, 0.5) is 0 Å². The molecule has 0 atom stereocenters. The fourth-order valence-electron chi connectivity index (χ4n) is 1.98. The van der Waals surface area contributed by atoms with Crippen LogP contribution >= 0.6 is 0 Å². The van der Waals surface area contributed by atoms with Crippen molar-refractivity contribution >= 4 is 0 Å². The highest BCUT2D eigenvalue weighted by Gasteiger charge is 2.05. The maximum Gasteiger partial charge on any atom is 0.167 e. The summed E-state index contributed by atoms with van der Waals surface area (Å²) in [6.45, 7) is 3.38. The van der Waals surface area contributed by atoms with Crippen molar-refractivity contribution in [3.8, 4) is 17.1 Å². The lowest BCUT2D eigenvalue weighted by molar-refractivity contribution is 0.305. The minimum absolute atomic E-state index is 0.391. The molecule has 0 saturated carbocycles. The van der Waals surface area contributed by atoms with Crippen LogP contribution in [0.15, 0.2) is 34.9 Å². The molecule has 0 aliphatic heterocycles. The van der Waals surface area contributed by atoms with Gasteiger partial charge in [0.2, 0.25) is 0 Å². The molecule has 1 aromatic carbocycles. The van der Waals surface area contributed by atoms with Crippen molar-refractivity contribution in [3.63, 3.8) is 0 Å². The summed E-state index contributed by atoms with van der Waals surface area (Å²) < 4.78 is 10.9. The number of unbranched alkanes of at least 4 members (excludes halogenated alkanes) is 3. The van der Waals surface area contributed by atoms with Crippen LogP contribution in [0.5, 0.6) is 5.75 Å². The standard InChI is InChI=1S/C16H22N2O2/c1-2-3-4-5-10-19-15-8-6-13(7-9-15)16-11-14(12-17)18-20-16/h6-9,11H,2-5,10,12,17H2,1H3. The summed E-state index contributed by atoms with van der Waals surface area (Å²) in [6, 6.07) is 9.73. The number of benzene rings is 1. The Kier molecular flexibility index (Phi) is 5.62. The number of hydrogen-bond donors (Lipinski definition) is 1. The van der Waals surface area contributed by atoms with Crippen molar-refractivity contribution in [3.05, 3.63) is 36.0 Å². The Bertz CT molecular complexity index is 505. The molecule has 0 aliphatic rings. The molecule has 2 aromatic rings. The average molecular weight is 274 g/mol. The Morgan fingerprint density at radius 3 is 2.60 bits per heavy atom. The summed E-state index contributed by atoms with van der Waals surface area (Å²) >= 11 is 0. The van der Waals surface area contributed by atoms with Gasteiger partial charge in [0.15, 0.2) is 5.76 Å². The van der Waals surface area contributed by atoms with E-state index in [1.165, 1.54) is 19.3 Å². The summed E-state index contributed by atoms with van der Waals surface area (Å²) in [6.07, 6.45) is 4.86. The molecule has 1 aromatic heterocycles. The van der Waals surface area contributed by atoms with E-state index in [0.29, 0.717) is 6.54 Å². The maximum atomic E-state index is 5.70. The number of nitrogens with zero attached hydrogens (tertiary/aromatic N) is 1. The predicted molar refractivity (Wildman–Crippen MR) is 79.5 cm³/mol. The fourth-order valence-corrected chi connectivity index (χ4v) is 1.98. The summed E-state index contributed by atoms with van der Waals surface area (Å²) in [5, 5.41) is 3.88. The van der Waals surface area contributed by atoms with Crippen LogP contribution < -0.4 is 10.5 Å². The largest absolute Gasteiger partial charge is 0.494 e. The van der Waals surface area contributed by atoms with E-state index in [9.17, 15) is 0 Å². The van der Waals surface area contributed by atoms with E-state index in [1.807, 2.05) is 30.3 Å². The monoisotopic (exact) mass is 274 g/mol. The zero-order valence-electron chi connectivity index (χ0n) is 12.0. The molecule has 2 rings (SSSR count). The van der Waals surface area contributed by atoms with E-state index in [2.05, 4.69) is 12.1 Å². The molecule has 4 nitrogen and oxygen atoms in total. The number of rotatable bonds is 8. The third-order valence-corrected chi connectivity index (χ3v) is 3.17. The topological polar surface area (TPSA) is 61.3 Å². The molecule has 1 heterocycles. The second-order valence-electron chi connectivity index (χ2n) is 4.82. The molecule has 4 heteroatoms. The van der Waals surface area contributed by atoms with Gasteiger partial charge in [0.05, 0.1) is 12.3 Å². The lowest BCUT2D eigenvalue weighted by atomic mass is 10.1. The van der Waals surface area contributed by atoms with Crippen LogP contribution in [0.1, 0.15) is 38.3 Å². The van der Waals surface area contributed by atoms with Crippen LogP contribution in [0.3, 0.4) is 0 Å². The van der Waals surface area contributed by atoms with E-state index in [0.717, 1.165) is 35.8 Å². The van der Waals surface area contributed by atoms with Crippen molar-refractivity contribution in [1.82, 2.24) is 5.16 Å². The summed E-state index contributed by atoms with van der Waals surface area (Å²) in [5.74, 6) is 1.63. The first-order chi connectivity index (χ1) is 9.83. The van der Waals surface area contributed by atoms with E-state index >= 15 is 0 Å². The first kappa shape index (κ1) is 14.6. The Hall–Kier alpha value is -1.81. The molecule has 0 fully saturated rings. The van der Waals surface area contributed by atoms with Gasteiger partial charge in [-0.25, -0.2) is 0 Å². The Morgan fingerprint density at radius 2 is 1.95 bits per heavy atom. The molecule has 0 bridgehead atoms. The lowest BCUT2D eigenvalue weighted by Gasteiger charge is -2.06. The van der Waals surface area contributed by atoms with E-state index < -0.39 is 0 Å². The highest BCUT2D eigenvalue weighted by atomic mass is 16.5. The van der Waals surface area contributed by atoms with E-state index in [4.69, 9.17) is 15.0 Å². The van der Waals surface area contributed by atoms with Gasteiger partial charge in [0.1, 0.15) is 5.75 Å². The predicted octanol–water partition coefficient (Wildman–Crippen LogP) is 3.76. The molecule has 0 amide bonds. The van der Waals surface area contributed by atoms with Crippen LogP contribution in [0.2, 0.25) is 0 Å². The van der Waals surface area contributed by atoms with Gasteiger partial charge in [-0.05, 0) is 30.7 Å². The molecule has 2 N–H and O–H groups in total. The molecule has 0 unspecified atom stereocenters. The molecule has 0 aliphatic carbocycles. The number of nitrogens with two attached hydrogens (primary N) is 1. The van der Waals surface area contributed by atoms with Crippen molar-refractivity contribution in [1.29, 1.82) is 0 Å². The van der Waals surface area contributed by atoms with Gasteiger partial charge in [0.25, 0.3) is 0 Å². The minimum atomic E-state index is 0.391. The highest BCUT2D eigenvalue weighted by molar-refractivity contribution is 5.58. The fraction of sp³-hybridized carbons (Fsp3) is 0.438. The van der Waals surface area contributed by atoms with Gasteiger partial charge in [-0.2, -0.15) is 0 Å². The second-order valence-corrected chi connectivity index (χ2v) is 4.82. The van der Waals surface area contributed by atoms with Crippen LogP contribution in [0.25, 0.3) is 11.3 Å². The number of aromatic nitrogens is 1. The third-order valence-electron chi connectivity index (χ3n) is 3.17. The van der Waals surface area contributed by atoms with Crippen molar-refractivity contribution in [2.45, 2.75) is 39.2 Å². The van der Waals surface area contributed by atoms with Crippen LogP contribution in [-0.2, 0) is 6.54 Å². The summed E-state index contributed by atoms with van der Waals surface area (Å²) in [7, 11) is 0. The molecule has 0 saturated heterocycles. The average Bonchev–Trinajstić information content (AvgIpc) is 2.97.